The first-order valence-corrected chi connectivity index (χ1v) is 12.9. The number of nitrogens with one attached hydrogen (secondary N) is 2. The van der Waals surface area contributed by atoms with Gasteiger partial charge in [-0.05, 0) is 59.3 Å². The summed E-state index contributed by atoms with van der Waals surface area (Å²) in [6.07, 6.45) is 5.02. The number of nitrogens with zero attached hydrogens (tertiary/aromatic N) is 6. The minimum Gasteiger partial charge on any atom is -0.328 e. The minimum absolute atomic E-state index is 0.314. The predicted molar refractivity (Wildman–Crippen MR) is 149 cm³/mol. The smallest absolute Gasteiger partial charge is 0.257 e. The van der Waals surface area contributed by atoms with E-state index in [1.807, 2.05) is 73.8 Å². The Morgan fingerprint density at radius 1 is 1.05 bits per heavy atom. The van der Waals surface area contributed by atoms with E-state index in [9.17, 15) is 4.79 Å². The summed E-state index contributed by atoms with van der Waals surface area (Å²) in [6, 6.07) is 20.2. The molecule has 1 aliphatic rings. The summed E-state index contributed by atoms with van der Waals surface area (Å²) in [5.74, 6) is 0.644. The van der Waals surface area contributed by atoms with Crippen LogP contribution in [-0.2, 0) is 4.79 Å². The molecular formula is C27H20BrClN8O. The van der Waals surface area contributed by atoms with Gasteiger partial charge in [-0.1, -0.05) is 41.9 Å². The van der Waals surface area contributed by atoms with Gasteiger partial charge in [0.2, 0.25) is 5.95 Å². The summed E-state index contributed by atoms with van der Waals surface area (Å²) >= 11 is 9.56. The molecule has 1 atom stereocenters. The highest BCUT2D eigenvalue weighted by Crippen LogP contribution is 2.40. The molecule has 2 aromatic carbocycles. The van der Waals surface area contributed by atoms with E-state index in [1.165, 1.54) is 6.33 Å². The van der Waals surface area contributed by atoms with Crippen molar-refractivity contribution in [2.24, 2.45) is 0 Å². The van der Waals surface area contributed by atoms with Gasteiger partial charge in [0.25, 0.3) is 5.91 Å². The summed E-state index contributed by atoms with van der Waals surface area (Å²) in [5, 5.41) is 16.2. The lowest BCUT2D eigenvalue weighted by Gasteiger charge is -2.28. The predicted octanol–water partition coefficient (Wildman–Crippen LogP) is 5.87. The zero-order valence-corrected chi connectivity index (χ0v) is 22.3. The lowest BCUT2D eigenvalue weighted by molar-refractivity contribution is -0.113. The Labute approximate surface area is 231 Å². The standard InChI is InChI=1S/C27H20BrClN8O/c1-16-23(26(38)34-22-12-9-18(28)13-30-22)25(37-27(33-16)31-15-32-37)21-14-36(20-5-3-2-4-6-20)35-24(21)17-7-10-19(29)11-8-17/h2-15,25H,1H3,(H,30,34,38)(H,31,32,33). The van der Waals surface area contributed by atoms with Crippen LogP contribution in [0.3, 0.4) is 0 Å². The van der Waals surface area contributed by atoms with E-state index in [0.29, 0.717) is 33.8 Å². The zero-order chi connectivity index (χ0) is 26.2. The monoisotopic (exact) mass is 586 g/mol. The second kappa shape index (κ2) is 9.88. The second-order valence-electron chi connectivity index (χ2n) is 8.63. The molecule has 3 aromatic heterocycles. The van der Waals surface area contributed by atoms with Crippen LogP contribution in [0.2, 0.25) is 5.02 Å². The first-order valence-electron chi connectivity index (χ1n) is 11.7. The lowest BCUT2D eigenvalue weighted by atomic mass is 9.93. The van der Waals surface area contributed by atoms with Crippen molar-refractivity contribution in [1.82, 2.24) is 29.5 Å². The van der Waals surface area contributed by atoms with Gasteiger partial charge in [0.1, 0.15) is 18.2 Å². The number of amides is 1. The van der Waals surface area contributed by atoms with Crippen LogP contribution in [0.5, 0.6) is 0 Å². The fraction of sp³-hybridized carbons (Fsp3) is 0.0741. The highest BCUT2D eigenvalue weighted by molar-refractivity contribution is 9.10. The molecule has 9 nitrogen and oxygen atoms in total. The number of carbonyl (C=O) groups excluding carboxylic acids is 1. The minimum atomic E-state index is -0.618. The number of halogens is 2. The Balaban J connectivity index is 1.52. The molecule has 0 saturated carbocycles. The van der Waals surface area contributed by atoms with Crippen LogP contribution < -0.4 is 10.6 Å². The van der Waals surface area contributed by atoms with Crippen LogP contribution in [0, 0.1) is 0 Å². The van der Waals surface area contributed by atoms with E-state index in [0.717, 1.165) is 21.3 Å². The third kappa shape index (κ3) is 4.48. The largest absolute Gasteiger partial charge is 0.328 e. The fourth-order valence-electron chi connectivity index (χ4n) is 4.44. The molecule has 1 aliphatic heterocycles. The van der Waals surface area contributed by atoms with Crippen molar-refractivity contribution in [3.63, 3.8) is 0 Å². The number of allylic oxidation sites excluding steroid dienone is 1. The molecule has 4 heterocycles. The summed E-state index contributed by atoms with van der Waals surface area (Å²) in [4.78, 5) is 22.4. The van der Waals surface area contributed by atoms with Crippen molar-refractivity contribution in [3.8, 4) is 16.9 Å². The molecule has 6 rings (SSSR count). The Bertz CT molecular complexity index is 1660. The SMILES string of the molecule is CC1=C(C(=O)Nc2ccc(Br)cn2)C(c2cn(-c3ccccc3)nc2-c2ccc(Cl)cc2)n2ncnc2N1. The molecule has 11 heteroatoms. The van der Waals surface area contributed by atoms with Crippen LogP contribution in [0.1, 0.15) is 18.5 Å². The van der Waals surface area contributed by atoms with Crippen molar-refractivity contribution in [1.29, 1.82) is 0 Å². The Kier molecular flexibility index (Phi) is 6.26. The van der Waals surface area contributed by atoms with Gasteiger partial charge >= 0.3 is 0 Å². The molecule has 2 N–H and O–H groups in total. The molecule has 0 aliphatic carbocycles. The Morgan fingerprint density at radius 3 is 2.58 bits per heavy atom. The van der Waals surface area contributed by atoms with E-state index in [-0.39, 0.29) is 5.91 Å². The molecule has 1 unspecified atom stereocenters. The number of aromatic nitrogens is 6. The van der Waals surface area contributed by atoms with Crippen molar-refractivity contribution in [3.05, 3.63) is 112 Å². The summed E-state index contributed by atoms with van der Waals surface area (Å²) in [5.41, 5.74) is 4.32. The highest BCUT2D eigenvalue weighted by atomic mass is 79.9. The third-order valence-electron chi connectivity index (χ3n) is 6.18. The van der Waals surface area contributed by atoms with E-state index >= 15 is 0 Å². The van der Waals surface area contributed by atoms with E-state index in [1.54, 1.807) is 21.6 Å². The van der Waals surface area contributed by atoms with Crippen LogP contribution >= 0.6 is 27.5 Å². The number of para-hydroxylation sites is 1. The fourth-order valence-corrected chi connectivity index (χ4v) is 4.80. The first kappa shape index (κ1) is 24.1. The molecule has 1 amide bonds. The number of anilines is 2. The van der Waals surface area contributed by atoms with E-state index < -0.39 is 6.04 Å². The van der Waals surface area contributed by atoms with E-state index in [2.05, 4.69) is 41.6 Å². The van der Waals surface area contributed by atoms with Crippen LogP contribution in [0.15, 0.2) is 101 Å². The molecule has 188 valence electrons. The van der Waals surface area contributed by atoms with Gasteiger partial charge in [0.05, 0.1) is 17.0 Å². The highest BCUT2D eigenvalue weighted by Gasteiger charge is 2.36. The molecule has 0 fully saturated rings. The quantitative estimate of drug-likeness (QED) is 0.267. The number of hydrogen-bond donors (Lipinski definition) is 2. The van der Waals surface area contributed by atoms with Crippen LogP contribution in [0.25, 0.3) is 16.9 Å². The van der Waals surface area contributed by atoms with Crippen molar-refractivity contribution in [2.45, 2.75) is 13.0 Å². The average Bonchev–Trinajstić information content (AvgIpc) is 3.58. The van der Waals surface area contributed by atoms with E-state index in [4.69, 9.17) is 16.7 Å². The van der Waals surface area contributed by atoms with Gasteiger partial charge in [-0.25, -0.2) is 14.3 Å². The molecule has 0 saturated heterocycles. The molecule has 0 bridgehead atoms. The van der Waals surface area contributed by atoms with Crippen molar-refractivity contribution < 1.29 is 4.79 Å². The number of rotatable bonds is 5. The van der Waals surface area contributed by atoms with Crippen LogP contribution in [-0.4, -0.2) is 35.4 Å². The van der Waals surface area contributed by atoms with Crippen LogP contribution in [0.4, 0.5) is 11.8 Å². The van der Waals surface area contributed by atoms with Gasteiger partial charge in [-0.3, -0.25) is 4.79 Å². The second-order valence-corrected chi connectivity index (χ2v) is 9.98. The maximum atomic E-state index is 13.8. The Morgan fingerprint density at radius 2 is 1.84 bits per heavy atom. The average molecular weight is 588 g/mol. The lowest BCUT2D eigenvalue weighted by Crippen LogP contribution is -2.31. The summed E-state index contributed by atoms with van der Waals surface area (Å²) < 4.78 is 4.32. The molecular weight excluding hydrogens is 568 g/mol. The van der Waals surface area contributed by atoms with Gasteiger partial charge in [-0.2, -0.15) is 15.2 Å². The first-order chi connectivity index (χ1) is 18.5. The van der Waals surface area contributed by atoms with Gasteiger partial charge in [-0.15, -0.1) is 0 Å². The zero-order valence-electron chi connectivity index (χ0n) is 20.0. The maximum absolute atomic E-state index is 13.8. The third-order valence-corrected chi connectivity index (χ3v) is 6.90. The Hall–Kier alpha value is -4.28. The molecule has 0 spiro atoms. The van der Waals surface area contributed by atoms with Gasteiger partial charge < -0.3 is 10.6 Å². The number of benzene rings is 2. The summed E-state index contributed by atoms with van der Waals surface area (Å²) in [7, 11) is 0. The van der Waals surface area contributed by atoms with Crippen molar-refractivity contribution in [2.75, 3.05) is 10.6 Å². The molecule has 38 heavy (non-hydrogen) atoms. The topological polar surface area (TPSA) is 103 Å². The van der Waals surface area contributed by atoms with Gasteiger partial charge in [0.15, 0.2) is 0 Å². The maximum Gasteiger partial charge on any atom is 0.257 e. The number of fused-ring (bicyclic) bond motifs is 1. The number of pyridine rings is 1. The van der Waals surface area contributed by atoms with Crippen molar-refractivity contribution >= 4 is 45.2 Å². The van der Waals surface area contributed by atoms with Gasteiger partial charge in [0, 0.05) is 38.7 Å². The molecule has 0 radical (unpaired) electrons. The summed E-state index contributed by atoms with van der Waals surface area (Å²) in [6.45, 7) is 1.85. The normalized spacial score (nSPS) is 14.7. The number of carbonyl (C=O) groups is 1. The number of hydrogen-bond acceptors (Lipinski definition) is 6. The molecule has 5 aromatic rings.